The average Bonchev–Trinajstić information content (AvgIpc) is 2.27. The quantitative estimate of drug-likeness (QED) is 0.580. The zero-order valence-electron chi connectivity index (χ0n) is 9.44. The topological polar surface area (TPSA) is 26.3 Å². The molecule has 1 aliphatic carbocycles. The molecule has 0 N–H and O–H groups in total. The molecule has 2 rings (SSSR count). The van der Waals surface area contributed by atoms with E-state index in [1.807, 2.05) is 30.5 Å². The SMILES string of the molecule is CSc1ccc(C(=O)COC2CCC2)cc1. The Labute approximate surface area is 100 Å². The summed E-state index contributed by atoms with van der Waals surface area (Å²) < 4.78 is 5.50. The van der Waals surface area contributed by atoms with Gasteiger partial charge < -0.3 is 4.74 Å². The lowest BCUT2D eigenvalue weighted by Crippen LogP contribution is -2.24. The summed E-state index contributed by atoms with van der Waals surface area (Å²) in [6.07, 6.45) is 5.81. The number of ketones is 1. The molecule has 16 heavy (non-hydrogen) atoms. The van der Waals surface area contributed by atoms with E-state index in [1.54, 1.807) is 11.8 Å². The van der Waals surface area contributed by atoms with Crippen LogP contribution in [0.5, 0.6) is 0 Å². The number of carbonyl (C=O) groups excluding carboxylic acids is 1. The Bertz CT molecular complexity index is 355. The van der Waals surface area contributed by atoms with Gasteiger partial charge in [-0.1, -0.05) is 12.1 Å². The van der Waals surface area contributed by atoms with Crippen molar-refractivity contribution in [3.63, 3.8) is 0 Å². The molecule has 0 saturated heterocycles. The van der Waals surface area contributed by atoms with Crippen LogP contribution in [0.4, 0.5) is 0 Å². The van der Waals surface area contributed by atoms with Crippen molar-refractivity contribution in [1.82, 2.24) is 0 Å². The molecule has 0 bridgehead atoms. The smallest absolute Gasteiger partial charge is 0.188 e. The van der Waals surface area contributed by atoms with Crippen LogP contribution in [0.25, 0.3) is 0 Å². The number of hydrogen-bond acceptors (Lipinski definition) is 3. The summed E-state index contributed by atoms with van der Waals surface area (Å²) in [6.45, 7) is 0.225. The standard InChI is InChI=1S/C13H16O2S/c1-16-12-7-5-10(6-8-12)13(14)9-15-11-3-2-4-11/h5-8,11H,2-4,9H2,1H3. The summed E-state index contributed by atoms with van der Waals surface area (Å²) in [5.41, 5.74) is 0.747. The molecule has 0 amide bonds. The highest BCUT2D eigenvalue weighted by molar-refractivity contribution is 7.98. The summed E-state index contributed by atoms with van der Waals surface area (Å²) in [7, 11) is 0. The van der Waals surface area contributed by atoms with E-state index in [9.17, 15) is 4.79 Å². The van der Waals surface area contributed by atoms with E-state index in [0.29, 0.717) is 6.10 Å². The van der Waals surface area contributed by atoms with Gasteiger partial charge in [0, 0.05) is 10.5 Å². The van der Waals surface area contributed by atoms with Crippen molar-refractivity contribution >= 4 is 17.5 Å². The summed E-state index contributed by atoms with van der Waals surface area (Å²) >= 11 is 1.68. The zero-order chi connectivity index (χ0) is 11.4. The molecule has 0 atom stereocenters. The van der Waals surface area contributed by atoms with E-state index in [-0.39, 0.29) is 12.4 Å². The highest BCUT2D eigenvalue weighted by Crippen LogP contribution is 2.22. The van der Waals surface area contributed by atoms with E-state index in [1.165, 1.54) is 11.3 Å². The van der Waals surface area contributed by atoms with E-state index in [2.05, 4.69) is 0 Å². The fraction of sp³-hybridized carbons (Fsp3) is 0.462. The molecule has 1 fully saturated rings. The minimum Gasteiger partial charge on any atom is -0.370 e. The minimum atomic E-state index is 0.0829. The third-order valence-electron chi connectivity index (χ3n) is 2.91. The Kier molecular flexibility index (Phi) is 4.02. The van der Waals surface area contributed by atoms with Crippen LogP contribution in [0, 0.1) is 0 Å². The van der Waals surface area contributed by atoms with Gasteiger partial charge >= 0.3 is 0 Å². The first-order valence-electron chi connectivity index (χ1n) is 5.58. The lowest BCUT2D eigenvalue weighted by molar-refractivity contribution is 0.00731. The maximum Gasteiger partial charge on any atom is 0.188 e. The molecule has 0 spiro atoms. The zero-order valence-corrected chi connectivity index (χ0v) is 10.3. The fourth-order valence-corrected chi connectivity index (χ4v) is 2.00. The fourth-order valence-electron chi connectivity index (χ4n) is 1.59. The Morgan fingerprint density at radius 1 is 1.38 bits per heavy atom. The second kappa shape index (κ2) is 5.51. The van der Waals surface area contributed by atoms with Crippen LogP contribution in [0.2, 0.25) is 0 Å². The predicted molar refractivity (Wildman–Crippen MR) is 66.1 cm³/mol. The first kappa shape index (κ1) is 11.7. The monoisotopic (exact) mass is 236 g/mol. The third-order valence-corrected chi connectivity index (χ3v) is 3.66. The van der Waals surface area contributed by atoms with Gasteiger partial charge in [-0.25, -0.2) is 0 Å². The van der Waals surface area contributed by atoms with Gasteiger partial charge in [-0.3, -0.25) is 4.79 Å². The van der Waals surface area contributed by atoms with Gasteiger partial charge in [0.25, 0.3) is 0 Å². The molecule has 0 aliphatic heterocycles. The minimum absolute atomic E-state index is 0.0829. The number of ether oxygens (including phenoxy) is 1. The van der Waals surface area contributed by atoms with Gasteiger partial charge in [0.1, 0.15) is 6.61 Å². The summed E-state index contributed by atoms with van der Waals surface area (Å²) in [5.74, 6) is 0.0829. The first-order chi connectivity index (χ1) is 7.79. The maximum atomic E-state index is 11.8. The Balaban J connectivity index is 1.86. The molecule has 1 aromatic carbocycles. The molecule has 86 valence electrons. The largest absolute Gasteiger partial charge is 0.370 e. The number of rotatable bonds is 5. The van der Waals surface area contributed by atoms with Gasteiger partial charge in [-0.05, 0) is 37.7 Å². The highest BCUT2D eigenvalue weighted by atomic mass is 32.2. The molecular weight excluding hydrogens is 220 g/mol. The third kappa shape index (κ3) is 2.86. The van der Waals surface area contributed by atoms with Crippen molar-refractivity contribution in [3.05, 3.63) is 29.8 Å². The van der Waals surface area contributed by atoms with Gasteiger partial charge in [0.15, 0.2) is 5.78 Å². The molecule has 0 aromatic heterocycles. The molecule has 0 radical (unpaired) electrons. The molecule has 0 unspecified atom stereocenters. The molecule has 1 aromatic rings. The van der Waals surface area contributed by atoms with Crippen LogP contribution in [0.3, 0.4) is 0 Å². The van der Waals surface area contributed by atoms with Crippen molar-refractivity contribution in [3.8, 4) is 0 Å². The van der Waals surface area contributed by atoms with Crippen molar-refractivity contribution < 1.29 is 9.53 Å². The van der Waals surface area contributed by atoms with Gasteiger partial charge in [0.2, 0.25) is 0 Å². The van der Waals surface area contributed by atoms with Crippen molar-refractivity contribution in [1.29, 1.82) is 0 Å². The van der Waals surface area contributed by atoms with Gasteiger partial charge in [0.05, 0.1) is 6.10 Å². The van der Waals surface area contributed by atoms with Crippen molar-refractivity contribution in [2.75, 3.05) is 12.9 Å². The van der Waals surface area contributed by atoms with Crippen LogP contribution in [0.15, 0.2) is 29.2 Å². The number of benzene rings is 1. The molecule has 0 heterocycles. The normalized spacial score (nSPS) is 15.8. The van der Waals surface area contributed by atoms with E-state index < -0.39 is 0 Å². The van der Waals surface area contributed by atoms with E-state index in [0.717, 1.165) is 18.4 Å². The first-order valence-corrected chi connectivity index (χ1v) is 6.81. The molecule has 3 heteroatoms. The number of thioether (sulfide) groups is 1. The predicted octanol–water partition coefficient (Wildman–Crippen LogP) is 3.16. The molecule has 2 nitrogen and oxygen atoms in total. The lowest BCUT2D eigenvalue weighted by atomic mass is 9.96. The maximum absolute atomic E-state index is 11.8. The summed E-state index contributed by atoms with van der Waals surface area (Å²) in [6, 6.07) is 7.69. The lowest BCUT2D eigenvalue weighted by Gasteiger charge is -2.25. The van der Waals surface area contributed by atoms with Crippen molar-refractivity contribution in [2.45, 2.75) is 30.3 Å². The molecule has 1 aliphatic rings. The van der Waals surface area contributed by atoms with Crippen LogP contribution in [-0.4, -0.2) is 24.7 Å². The van der Waals surface area contributed by atoms with Crippen LogP contribution in [0.1, 0.15) is 29.6 Å². The second-order valence-electron chi connectivity index (χ2n) is 4.02. The van der Waals surface area contributed by atoms with Crippen molar-refractivity contribution in [2.24, 2.45) is 0 Å². The Morgan fingerprint density at radius 3 is 2.56 bits per heavy atom. The number of carbonyl (C=O) groups is 1. The molecule has 1 saturated carbocycles. The van der Waals surface area contributed by atoms with Crippen LogP contribution < -0.4 is 0 Å². The number of Topliss-reactive ketones (excluding diaryl/α,β-unsaturated/α-hetero) is 1. The van der Waals surface area contributed by atoms with Gasteiger partial charge in [-0.2, -0.15) is 0 Å². The van der Waals surface area contributed by atoms with Crippen LogP contribution in [-0.2, 0) is 4.74 Å². The molecular formula is C13H16O2S. The van der Waals surface area contributed by atoms with Gasteiger partial charge in [-0.15, -0.1) is 11.8 Å². The van der Waals surface area contributed by atoms with Crippen LogP contribution >= 0.6 is 11.8 Å². The van der Waals surface area contributed by atoms with E-state index >= 15 is 0 Å². The summed E-state index contributed by atoms with van der Waals surface area (Å²) in [5, 5.41) is 0. The summed E-state index contributed by atoms with van der Waals surface area (Å²) in [4.78, 5) is 12.9. The number of hydrogen-bond donors (Lipinski definition) is 0. The Morgan fingerprint density at radius 2 is 2.06 bits per heavy atom. The average molecular weight is 236 g/mol. The second-order valence-corrected chi connectivity index (χ2v) is 4.90. The van der Waals surface area contributed by atoms with E-state index in [4.69, 9.17) is 4.74 Å². The Hall–Kier alpha value is -0.800. The highest BCUT2D eigenvalue weighted by Gasteiger charge is 2.19.